The van der Waals surface area contributed by atoms with E-state index in [1.165, 1.54) is 23.4 Å². The molecule has 0 radical (unpaired) electrons. The third kappa shape index (κ3) is 6.65. The van der Waals surface area contributed by atoms with E-state index in [1.54, 1.807) is 26.0 Å². The molecule has 1 saturated heterocycles. The molecule has 0 saturated carbocycles. The number of sulfone groups is 1. The van der Waals surface area contributed by atoms with Crippen LogP contribution in [0.15, 0.2) is 71.0 Å². The van der Waals surface area contributed by atoms with Gasteiger partial charge in [-0.2, -0.15) is 4.98 Å². The van der Waals surface area contributed by atoms with E-state index in [1.807, 2.05) is 30.3 Å². The van der Waals surface area contributed by atoms with Gasteiger partial charge in [-0.3, -0.25) is 0 Å². The number of piperidine rings is 1. The van der Waals surface area contributed by atoms with Crippen molar-refractivity contribution in [3.63, 3.8) is 0 Å². The lowest BCUT2D eigenvalue weighted by atomic mass is 9.94. The zero-order valence-electron chi connectivity index (χ0n) is 21.4. The predicted octanol–water partition coefficient (Wildman–Crippen LogP) is 4.12. The number of rotatable bonds is 8. The number of hydrogen-bond acceptors (Lipinski definition) is 8. The third-order valence-corrected chi connectivity index (χ3v) is 7.60. The first-order chi connectivity index (χ1) is 18.1. The molecule has 10 nitrogen and oxygen atoms in total. The third-order valence-electron chi connectivity index (χ3n) is 6.47. The first-order valence-electron chi connectivity index (χ1n) is 12.2. The molecule has 2 atom stereocenters. The lowest BCUT2D eigenvalue weighted by Crippen LogP contribution is -2.49. The molecular weight excluding hydrogens is 508 g/mol. The van der Waals surface area contributed by atoms with E-state index in [-0.39, 0.29) is 22.9 Å². The van der Waals surface area contributed by atoms with Crippen molar-refractivity contribution >= 4 is 21.6 Å². The molecule has 1 aliphatic rings. The summed E-state index contributed by atoms with van der Waals surface area (Å²) in [4.78, 5) is 27.5. The normalized spacial score (nSPS) is 18.2. The second-order valence-electron chi connectivity index (χ2n) is 9.26. The molecule has 4 rings (SSSR count). The van der Waals surface area contributed by atoms with Crippen molar-refractivity contribution in [2.75, 3.05) is 12.8 Å². The van der Waals surface area contributed by atoms with Gasteiger partial charge < -0.3 is 19.6 Å². The lowest BCUT2D eigenvalue weighted by molar-refractivity contribution is 0.0519. The Kier molecular flexibility index (Phi) is 8.26. The average Bonchev–Trinajstić information content (AvgIpc) is 2.89. The maximum absolute atomic E-state index is 11.8. The van der Waals surface area contributed by atoms with Crippen LogP contribution in [0.1, 0.15) is 36.5 Å². The van der Waals surface area contributed by atoms with Crippen molar-refractivity contribution < 1.29 is 27.9 Å². The number of nitrogens with zero attached hydrogens (tertiary/aromatic N) is 4. The second kappa shape index (κ2) is 11.6. The van der Waals surface area contributed by atoms with Gasteiger partial charge in [0.2, 0.25) is 5.88 Å². The van der Waals surface area contributed by atoms with E-state index in [4.69, 9.17) is 9.57 Å². The van der Waals surface area contributed by atoms with Crippen LogP contribution in [-0.4, -0.2) is 65.1 Å². The summed E-state index contributed by atoms with van der Waals surface area (Å²) in [5, 5.41) is 13.8. The standard InChI is InChI=1S/C27H30N4O6S/c1-18-25(36-23-13-14-31(27(32)33)22(16-23)15-20-7-5-4-6-8-20)28-17-29-26(18)37-30-19(2)21-9-11-24(12-10-21)38(3,34)35/h4-12,17,22-23H,13-16H2,1-3H3,(H,32,33)/b30-19-. The number of ether oxygens (including phenoxy) is 1. The molecule has 1 aromatic heterocycles. The molecule has 3 aromatic rings. The Balaban J connectivity index is 1.44. The Morgan fingerprint density at radius 2 is 1.79 bits per heavy atom. The minimum Gasteiger partial charge on any atom is -0.474 e. The summed E-state index contributed by atoms with van der Waals surface area (Å²) < 4.78 is 29.6. The molecule has 2 heterocycles. The van der Waals surface area contributed by atoms with Gasteiger partial charge >= 0.3 is 6.09 Å². The topological polar surface area (TPSA) is 131 Å². The monoisotopic (exact) mass is 538 g/mol. The largest absolute Gasteiger partial charge is 0.474 e. The highest BCUT2D eigenvalue weighted by molar-refractivity contribution is 7.90. The molecular formula is C27H30N4O6S. The zero-order valence-corrected chi connectivity index (χ0v) is 22.3. The maximum Gasteiger partial charge on any atom is 0.407 e. The first kappa shape index (κ1) is 27.1. The van der Waals surface area contributed by atoms with Crippen LogP contribution in [0.5, 0.6) is 11.8 Å². The van der Waals surface area contributed by atoms with E-state index in [2.05, 4.69) is 15.1 Å². The van der Waals surface area contributed by atoms with E-state index in [0.717, 1.165) is 11.8 Å². The minimum absolute atomic E-state index is 0.215. The van der Waals surface area contributed by atoms with Crippen molar-refractivity contribution in [3.05, 3.63) is 77.6 Å². The van der Waals surface area contributed by atoms with Gasteiger partial charge in [0, 0.05) is 31.7 Å². The molecule has 1 aliphatic heterocycles. The highest BCUT2D eigenvalue weighted by Crippen LogP contribution is 2.28. The van der Waals surface area contributed by atoms with E-state index in [9.17, 15) is 18.3 Å². The van der Waals surface area contributed by atoms with Crippen molar-refractivity contribution in [1.29, 1.82) is 0 Å². The van der Waals surface area contributed by atoms with Crippen molar-refractivity contribution in [3.8, 4) is 11.8 Å². The number of likely N-dealkylation sites (tertiary alicyclic amines) is 1. The van der Waals surface area contributed by atoms with Crippen molar-refractivity contribution in [2.45, 2.75) is 50.2 Å². The number of benzene rings is 2. The molecule has 2 aromatic carbocycles. The highest BCUT2D eigenvalue weighted by atomic mass is 32.2. The van der Waals surface area contributed by atoms with Crippen LogP contribution in [0.2, 0.25) is 0 Å². The molecule has 38 heavy (non-hydrogen) atoms. The maximum atomic E-state index is 11.8. The Labute approximate surface area is 221 Å². The van der Waals surface area contributed by atoms with Crippen LogP contribution in [-0.2, 0) is 16.3 Å². The number of hydrogen-bond donors (Lipinski definition) is 1. The Morgan fingerprint density at radius 1 is 1.11 bits per heavy atom. The Bertz CT molecular complexity index is 1410. The van der Waals surface area contributed by atoms with Gasteiger partial charge in [-0.05, 0) is 43.5 Å². The fourth-order valence-electron chi connectivity index (χ4n) is 4.35. The van der Waals surface area contributed by atoms with Gasteiger partial charge in [-0.25, -0.2) is 18.2 Å². The SMILES string of the molecule is C/C(=N/Oc1ncnc(OC2CCN(C(=O)O)C(Cc3ccccc3)C2)c1C)c1ccc(S(C)(=O)=O)cc1. The van der Waals surface area contributed by atoms with Crippen molar-refractivity contribution in [1.82, 2.24) is 14.9 Å². The lowest BCUT2D eigenvalue weighted by Gasteiger charge is -2.37. The highest BCUT2D eigenvalue weighted by Gasteiger charge is 2.33. The molecule has 0 spiro atoms. The number of carbonyl (C=O) groups is 1. The minimum atomic E-state index is -3.28. The summed E-state index contributed by atoms with van der Waals surface area (Å²) in [6.07, 6.45) is 3.00. The summed E-state index contributed by atoms with van der Waals surface area (Å²) in [6.45, 7) is 3.88. The van der Waals surface area contributed by atoms with E-state index in [0.29, 0.717) is 48.5 Å². The van der Waals surface area contributed by atoms with Crippen LogP contribution in [0.3, 0.4) is 0 Å². The van der Waals surface area contributed by atoms with Gasteiger partial charge in [0.1, 0.15) is 12.4 Å². The zero-order chi connectivity index (χ0) is 27.3. The van der Waals surface area contributed by atoms with Crippen LogP contribution in [0, 0.1) is 6.92 Å². The molecule has 2 unspecified atom stereocenters. The van der Waals surface area contributed by atoms with E-state index < -0.39 is 15.9 Å². The van der Waals surface area contributed by atoms with Crippen molar-refractivity contribution in [2.24, 2.45) is 5.16 Å². The fraction of sp³-hybridized carbons (Fsp3) is 0.333. The number of aromatic nitrogens is 2. The molecule has 11 heteroatoms. The number of amides is 1. The first-order valence-corrected chi connectivity index (χ1v) is 14.0. The van der Waals surface area contributed by atoms with Crippen LogP contribution in [0.25, 0.3) is 0 Å². The Hall–Kier alpha value is -3.99. The average molecular weight is 539 g/mol. The second-order valence-corrected chi connectivity index (χ2v) is 11.3. The number of oxime groups is 1. The molecule has 0 aliphatic carbocycles. The van der Waals surface area contributed by atoms with Gasteiger partial charge in [-0.1, -0.05) is 47.6 Å². The number of carboxylic acid groups (broad SMARTS) is 1. The molecule has 0 bridgehead atoms. The van der Waals surface area contributed by atoms with Gasteiger partial charge in [-0.15, -0.1) is 0 Å². The van der Waals surface area contributed by atoms with Crippen LogP contribution < -0.4 is 9.57 Å². The summed E-state index contributed by atoms with van der Waals surface area (Å²) in [7, 11) is -3.28. The Morgan fingerprint density at radius 3 is 2.45 bits per heavy atom. The van der Waals surface area contributed by atoms with E-state index >= 15 is 0 Å². The predicted molar refractivity (Wildman–Crippen MR) is 141 cm³/mol. The smallest absolute Gasteiger partial charge is 0.407 e. The van der Waals surface area contributed by atoms with Gasteiger partial charge in [0.25, 0.3) is 5.88 Å². The molecule has 200 valence electrons. The fourth-order valence-corrected chi connectivity index (χ4v) is 4.98. The quantitative estimate of drug-likeness (QED) is 0.335. The molecule has 1 N–H and O–H groups in total. The summed E-state index contributed by atoms with van der Waals surface area (Å²) in [6, 6.07) is 16.0. The summed E-state index contributed by atoms with van der Waals surface area (Å²) in [5.74, 6) is 0.582. The summed E-state index contributed by atoms with van der Waals surface area (Å²) in [5.41, 5.74) is 2.87. The molecule has 1 amide bonds. The van der Waals surface area contributed by atoms with Gasteiger partial charge in [0.15, 0.2) is 9.84 Å². The summed E-state index contributed by atoms with van der Waals surface area (Å²) >= 11 is 0. The van der Waals surface area contributed by atoms with Crippen LogP contribution >= 0.6 is 0 Å². The van der Waals surface area contributed by atoms with Crippen LogP contribution in [0.4, 0.5) is 4.79 Å². The van der Waals surface area contributed by atoms with Gasteiger partial charge in [0.05, 0.1) is 16.2 Å². The molecule has 1 fully saturated rings.